The highest BCUT2D eigenvalue weighted by Crippen LogP contribution is 2.15. The Bertz CT molecular complexity index is 719. The lowest BCUT2D eigenvalue weighted by Crippen LogP contribution is -2.45. The minimum atomic E-state index is -0.508. The summed E-state index contributed by atoms with van der Waals surface area (Å²) in [7, 11) is 0. The van der Waals surface area contributed by atoms with E-state index in [2.05, 4.69) is 5.32 Å². The summed E-state index contributed by atoms with van der Waals surface area (Å²) < 4.78 is 0. The Morgan fingerprint density at radius 3 is 2.08 bits per heavy atom. The molecule has 0 fully saturated rings. The second-order valence-corrected chi connectivity index (χ2v) is 6.41. The van der Waals surface area contributed by atoms with E-state index in [9.17, 15) is 9.59 Å². The third-order valence-corrected chi connectivity index (χ3v) is 3.43. The van der Waals surface area contributed by atoms with E-state index in [-0.39, 0.29) is 24.1 Å². The van der Waals surface area contributed by atoms with Gasteiger partial charge >= 0.3 is 0 Å². The first-order valence-electron chi connectivity index (χ1n) is 7.55. The Balaban J connectivity index is 0.00000288. The Kier molecular flexibility index (Phi) is 6.70. The standard InChI is InChI=1S/C19H22N2O2.ClH/c1-13-8-10-14(11-9-13)17(22)15-6-4-5-7-16(15)18(23)21-12-19(2,3)20;/h4-11H,12,20H2,1-3H3,(H,21,23);1H. The van der Waals surface area contributed by atoms with Crippen LogP contribution in [0.5, 0.6) is 0 Å². The molecule has 2 rings (SSSR count). The van der Waals surface area contributed by atoms with Gasteiger partial charge in [-0.1, -0.05) is 48.0 Å². The molecule has 0 aliphatic carbocycles. The monoisotopic (exact) mass is 346 g/mol. The van der Waals surface area contributed by atoms with Crippen LogP contribution in [0.1, 0.15) is 45.7 Å². The number of nitrogens with one attached hydrogen (secondary N) is 1. The van der Waals surface area contributed by atoms with Crippen molar-refractivity contribution in [2.24, 2.45) is 5.73 Å². The first-order chi connectivity index (χ1) is 10.8. The molecule has 0 atom stereocenters. The molecule has 0 radical (unpaired) electrons. The van der Waals surface area contributed by atoms with Gasteiger partial charge in [0.25, 0.3) is 5.91 Å². The molecule has 1 amide bonds. The summed E-state index contributed by atoms with van der Waals surface area (Å²) >= 11 is 0. The van der Waals surface area contributed by atoms with E-state index in [0.29, 0.717) is 23.2 Å². The molecule has 0 saturated heterocycles. The number of aryl methyl sites for hydroxylation is 1. The van der Waals surface area contributed by atoms with Gasteiger partial charge in [-0.25, -0.2) is 0 Å². The molecular weight excluding hydrogens is 324 g/mol. The van der Waals surface area contributed by atoms with Crippen LogP contribution in [0.15, 0.2) is 48.5 Å². The Hall–Kier alpha value is -2.17. The zero-order chi connectivity index (χ0) is 17.0. The summed E-state index contributed by atoms with van der Waals surface area (Å²) in [5, 5.41) is 2.78. The Labute approximate surface area is 148 Å². The fourth-order valence-corrected chi connectivity index (χ4v) is 2.14. The summed E-state index contributed by atoms with van der Waals surface area (Å²) in [5.41, 5.74) is 7.78. The van der Waals surface area contributed by atoms with E-state index < -0.39 is 5.54 Å². The highest BCUT2D eigenvalue weighted by molar-refractivity contribution is 6.15. The number of hydrogen-bond acceptors (Lipinski definition) is 3. The number of carbonyl (C=O) groups is 2. The van der Waals surface area contributed by atoms with Crippen LogP contribution in [0, 0.1) is 6.92 Å². The maximum Gasteiger partial charge on any atom is 0.252 e. The molecule has 0 bridgehead atoms. The predicted molar refractivity (Wildman–Crippen MR) is 98.9 cm³/mol. The van der Waals surface area contributed by atoms with E-state index in [0.717, 1.165) is 5.56 Å². The number of ketones is 1. The molecule has 2 aromatic carbocycles. The third-order valence-electron chi connectivity index (χ3n) is 3.43. The first-order valence-corrected chi connectivity index (χ1v) is 7.55. The molecule has 3 N–H and O–H groups in total. The van der Waals surface area contributed by atoms with Crippen molar-refractivity contribution in [1.82, 2.24) is 5.32 Å². The molecular formula is C19H23ClN2O2. The number of hydrogen-bond donors (Lipinski definition) is 2. The summed E-state index contributed by atoms with van der Waals surface area (Å²) in [6, 6.07) is 14.1. The fraction of sp³-hybridized carbons (Fsp3) is 0.263. The van der Waals surface area contributed by atoms with Crippen LogP contribution in [0.4, 0.5) is 0 Å². The molecule has 0 unspecified atom stereocenters. The normalized spacial score (nSPS) is 10.7. The van der Waals surface area contributed by atoms with Crippen LogP contribution in [-0.4, -0.2) is 23.8 Å². The van der Waals surface area contributed by atoms with Crippen LogP contribution in [0.3, 0.4) is 0 Å². The number of halogens is 1. The highest BCUT2D eigenvalue weighted by atomic mass is 35.5. The van der Waals surface area contributed by atoms with Crippen molar-refractivity contribution < 1.29 is 9.59 Å². The second-order valence-electron chi connectivity index (χ2n) is 6.41. The minimum Gasteiger partial charge on any atom is -0.350 e. The molecule has 0 aliphatic heterocycles. The highest BCUT2D eigenvalue weighted by Gasteiger charge is 2.19. The number of rotatable bonds is 5. The van der Waals surface area contributed by atoms with Crippen LogP contribution in [0.2, 0.25) is 0 Å². The van der Waals surface area contributed by atoms with Crippen LogP contribution >= 0.6 is 12.4 Å². The predicted octanol–water partition coefficient (Wildman–Crippen LogP) is 3.11. The molecule has 24 heavy (non-hydrogen) atoms. The smallest absolute Gasteiger partial charge is 0.252 e. The molecule has 0 spiro atoms. The van der Waals surface area contributed by atoms with Crippen LogP contribution < -0.4 is 11.1 Å². The van der Waals surface area contributed by atoms with Gasteiger partial charge in [0.05, 0.1) is 5.56 Å². The lowest BCUT2D eigenvalue weighted by atomic mass is 9.97. The largest absolute Gasteiger partial charge is 0.350 e. The average molecular weight is 347 g/mol. The zero-order valence-electron chi connectivity index (χ0n) is 14.1. The number of nitrogens with two attached hydrogens (primary N) is 1. The molecule has 0 aliphatic rings. The molecule has 2 aromatic rings. The van der Waals surface area contributed by atoms with Crippen molar-refractivity contribution in [1.29, 1.82) is 0 Å². The maximum absolute atomic E-state index is 12.7. The summed E-state index contributed by atoms with van der Waals surface area (Å²) in [4.78, 5) is 25.1. The van der Waals surface area contributed by atoms with Gasteiger partial charge in [-0.05, 0) is 26.8 Å². The average Bonchev–Trinajstić information content (AvgIpc) is 2.52. The van der Waals surface area contributed by atoms with Crippen LogP contribution in [-0.2, 0) is 0 Å². The fourth-order valence-electron chi connectivity index (χ4n) is 2.14. The summed E-state index contributed by atoms with van der Waals surface area (Å²) in [5.74, 6) is -0.456. The maximum atomic E-state index is 12.7. The van der Waals surface area contributed by atoms with Gasteiger partial charge in [-0.2, -0.15) is 0 Å². The van der Waals surface area contributed by atoms with Gasteiger partial charge in [0.2, 0.25) is 0 Å². The molecule has 0 saturated carbocycles. The SMILES string of the molecule is Cc1ccc(C(=O)c2ccccc2C(=O)NCC(C)(C)N)cc1.Cl. The van der Waals surface area contributed by atoms with Gasteiger partial charge in [-0.15, -0.1) is 12.4 Å². The number of amides is 1. The lowest BCUT2D eigenvalue weighted by molar-refractivity contribution is 0.0935. The number of benzene rings is 2. The first kappa shape index (κ1) is 19.9. The third kappa shape index (κ3) is 5.18. The minimum absolute atomic E-state index is 0. The summed E-state index contributed by atoms with van der Waals surface area (Å²) in [6.07, 6.45) is 0. The van der Waals surface area contributed by atoms with Crippen molar-refractivity contribution >= 4 is 24.1 Å². The van der Waals surface area contributed by atoms with Crippen molar-refractivity contribution in [3.8, 4) is 0 Å². The van der Waals surface area contributed by atoms with E-state index in [1.54, 1.807) is 36.4 Å². The lowest BCUT2D eigenvalue weighted by Gasteiger charge is -2.19. The van der Waals surface area contributed by atoms with Crippen molar-refractivity contribution in [2.45, 2.75) is 26.3 Å². The summed E-state index contributed by atoms with van der Waals surface area (Å²) in [6.45, 7) is 5.95. The van der Waals surface area contributed by atoms with E-state index in [4.69, 9.17) is 5.73 Å². The van der Waals surface area contributed by atoms with Crippen molar-refractivity contribution in [3.05, 3.63) is 70.8 Å². The van der Waals surface area contributed by atoms with E-state index >= 15 is 0 Å². The Morgan fingerprint density at radius 1 is 1.00 bits per heavy atom. The molecule has 5 heteroatoms. The van der Waals surface area contributed by atoms with E-state index in [1.807, 2.05) is 32.9 Å². The zero-order valence-corrected chi connectivity index (χ0v) is 14.9. The van der Waals surface area contributed by atoms with E-state index in [1.165, 1.54) is 0 Å². The van der Waals surface area contributed by atoms with Crippen molar-refractivity contribution in [2.75, 3.05) is 6.54 Å². The van der Waals surface area contributed by atoms with Crippen LogP contribution in [0.25, 0.3) is 0 Å². The van der Waals surface area contributed by atoms with Crippen molar-refractivity contribution in [3.63, 3.8) is 0 Å². The quantitative estimate of drug-likeness (QED) is 0.817. The molecule has 128 valence electrons. The van der Waals surface area contributed by atoms with Gasteiger partial charge in [0, 0.05) is 23.2 Å². The van der Waals surface area contributed by atoms with Gasteiger partial charge in [-0.3, -0.25) is 9.59 Å². The second kappa shape index (κ2) is 8.08. The van der Waals surface area contributed by atoms with Gasteiger partial charge < -0.3 is 11.1 Å². The molecule has 0 aromatic heterocycles. The molecule has 0 heterocycles. The molecule has 4 nitrogen and oxygen atoms in total. The van der Waals surface area contributed by atoms with Gasteiger partial charge in [0.15, 0.2) is 5.78 Å². The number of carbonyl (C=O) groups excluding carboxylic acids is 2. The Morgan fingerprint density at radius 2 is 1.54 bits per heavy atom. The topological polar surface area (TPSA) is 72.2 Å². The van der Waals surface area contributed by atoms with Gasteiger partial charge in [0.1, 0.15) is 0 Å².